The number of hydrogen-bond donors (Lipinski definition) is 1. The Hall–Kier alpha value is -3.58. The molecule has 4 heteroatoms. The van der Waals surface area contributed by atoms with Crippen LogP contribution < -0.4 is 10.1 Å². The molecule has 0 unspecified atom stereocenters. The van der Waals surface area contributed by atoms with Crippen molar-refractivity contribution < 1.29 is 9.53 Å². The number of rotatable bonds is 5. The Morgan fingerprint density at radius 3 is 2.76 bits per heavy atom. The molecular formula is C21H16N2O2. The number of carbonyl (C=O) groups excluding carboxylic acids is 1. The molecule has 0 bridgehead atoms. The largest absolute Gasteiger partial charge is 0.487 e. The van der Waals surface area contributed by atoms with Crippen LogP contribution in [0, 0.1) is 12.3 Å². The van der Waals surface area contributed by atoms with Gasteiger partial charge in [0, 0.05) is 17.1 Å². The number of pyridine rings is 1. The van der Waals surface area contributed by atoms with Gasteiger partial charge in [0.05, 0.1) is 5.69 Å². The number of nitrogens with one attached hydrogen (secondary N) is 1. The number of amides is 1. The van der Waals surface area contributed by atoms with Crippen molar-refractivity contribution in [3.63, 3.8) is 0 Å². The van der Waals surface area contributed by atoms with Crippen LogP contribution in [0.4, 0.5) is 5.69 Å². The highest BCUT2D eigenvalue weighted by molar-refractivity contribution is 6.06. The molecule has 0 radical (unpaired) electrons. The molecule has 25 heavy (non-hydrogen) atoms. The van der Waals surface area contributed by atoms with E-state index in [1.807, 2.05) is 36.4 Å². The quantitative estimate of drug-likeness (QED) is 0.570. The number of terminal acetylenes is 1. The van der Waals surface area contributed by atoms with E-state index in [-0.39, 0.29) is 5.91 Å². The Labute approximate surface area is 146 Å². The van der Waals surface area contributed by atoms with E-state index >= 15 is 0 Å². The van der Waals surface area contributed by atoms with E-state index in [0.717, 1.165) is 16.5 Å². The minimum Gasteiger partial charge on any atom is -0.487 e. The maximum Gasteiger partial charge on any atom is 0.247 e. The van der Waals surface area contributed by atoms with Crippen molar-refractivity contribution in [1.29, 1.82) is 0 Å². The third-order valence-electron chi connectivity index (χ3n) is 3.69. The van der Waals surface area contributed by atoms with Crippen molar-refractivity contribution in [1.82, 2.24) is 4.98 Å². The molecule has 1 amide bonds. The predicted molar refractivity (Wildman–Crippen MR) is 99.3 cm³/mol. The molecule has 3 rings (SSSR count). The van der Waals surface area contributed by atoms with E-state index in [2.05, 4.69) is 22.8 Å². The van der Waals surface area contributed by atoms with Gasteiger partial charge in [0.2, 0.25) is 5.91 Å². The van der Waals surface area contributed by atoms with Crippen LogP contribution in [0.1, 0.15) is 11.1 Å². The highest BCUT2D eigenvalue weighted by Gasteiger charge is 2.09. The zero-order valence-corrected chi connectivity index (χ0v) is 13.5. The lowest BCUT2D eigenvalue weighted by Crippen LogP contribution is -2.08. The van der Waals surface area contributed by atoms with Crippen molar-refractivity contribution >= 4 is 22.5 Å². The molecule has 1 aromatic heterocycles. The van der Waals surface area contributed by atoms with Crippen molar-refractivity contribution in [2.75, 3.05) is 5.32 Å². The highest BCUT2D eigenvalue weighted by atomic mass is 16.5. The molecule has 0 atom stereocenters. The van der Waals surface area contributed by atoms with Crippen molar-refractivity contribution in [3.8, 4) is 18.1 Å². The number of benzene rings is 2. The topological polar surface area (TPSA) is 51.2 Å². The first-order chi connectivity index (χ1) is 12.2. The van der Waals surface area contributed by atoms with Gasteiger partial charge < -0.3 is 10.1 Å². The molecule has 1 N–H and O–H groups in total. The van der Waals surface area contributed by atoms with Crippen LogP contribution in [-0.4, -0.2) is 10.9 Å². The molecule has 4 nitrogen and oxygen atoms in total. The lowest BCUT2D eigenvalue weighted by Gasteiger charge is -2.12. The summed E-state index contributed by atoms with van der Waals surface area (Å²) in [4.78, 5) is 16.0. The van der Waals surface area contributed by atoms with Crippen LogP contribution in [0.15, 0.2) is 67.4 Å². The van der Waals surface area contributed by atoms with E-state index in [4.69, 9.17) is 11.2 Å². The fraction of sp³-hybridized carbons (Fsp3) is 0.0476. The first kappa shape index (κ1) is 16.3. The van der Waals surface area contributed by atoms with Crippen molar-refractivity contribution in [3.05, 3.63) is 78.5 Å². The van der Waals surface area contributed by atoms with Crippen LogP contribution in [-0.2, 0) is 11.4 Å². The molecule has 0 saturated carbocycles. The number of nitrogens with zero attached hydrogens (tertiary/aromatic N) is 1. The first-order valence-corrected chi connectivity index (χ1v) is 7.71. The fourth-order valence-electron chi connectivity index (χ4n) is 2.41. The van der Waals surface area contributed by atoms with Gasteiger partial charge in [0.1, 0.15) is 17.9 Å². The lowest BCUT2D eigenvalue weighted by atomic mass is 10.1. The standard InChI is InChI=1S/C21H16N2O2/c1-3-15-7-9-16(10-8-15)14-25-19-12-11-18(23-20(24)4-2)17-6-5-13-22-21(17)19/h1,4-13H,2,14H2,(H,23,24). The number of hydrogen-bond acceptors (Lipinski definition) is 3. The number of carbonyl (C=O) groups is 1. The Balaban J connectivity index is 1.86. The van der Waals surface area contributed by atoms with E-state index in [0.29, 0.717) is 23.6 Å². The maximum atomic E-state index is 11.6. The Morgan fingerprint density at radius 1 is 1.24 bits per heavy atom. The molecule has 0 saturated heterocycles. The zero-order valence-electron chi connectivity index (χ0n) is 13.5. The number of fused-ring (bicyclic) bond motifs is 1. The summed E-state index contributed by atoms with van der Waals surface area (Å²) in [5.74, 6) is 2.96. The van der Waals surface area contributed by atoms with Crippen molar-refractivity contribution in [2.24, 2.45) is 0 Å². The molecular weight excluding hydrogens is 312 g/mol. The third kappa shape index (κ3) is 3.67. The molecule has 0 spiro atoms. The van der Waals surface area contributed by atoms with Gasteiger partial charge in [-0.3, -0.25) is 9.78 Å². The monoisotopic (exact) mass is 328 g/mol. The lowest BCUT2D eigenvalue weighted by molar-refractivity contribution is -0.111. The van der Waals surface area contributed by atoms with Gasteiger partial charge in [0.15, 0.2) is 0 Å². The van der Waals surface area contributed by atoms with Gasteiger partial charge in [0.25, 0.3) is 0 Å². The Morgan fingerprint density at radius 2 is 2.04 bits per heavy atom. The minimum absolute atomic E-state index is 0.271. The van der Waals surface area contributed by atoms with E-state index in [1.165, 1.54) is 6.08 Å². The molecule has 0 aliphatic carbocycles. The number of anilines is 1. The summed E-state index contributed by atoms with van der Waals surface area (Å²) in [6.45, 7) is 3.86. The second-order valence-corrected chi connectivity index (χ2v) is 5.33. The van der Waals surface area contributed by atoms with Crippen LogP contribution in [0.2, 0.25) is 0 Å². The summed E-state index contributed by atoms with van der Waals surface area (Å²) in [5.41, 5.74) is 3.19. The van der Waals surface area contributed by atoms with E-state index < -0.39 is 0 Å². The smallest absolute Gasteiger partial charge is 0.247 e. The summed E-state index contributed by atoms with van der Waals surface area (Å²) >= 11 is 0. The Bertz CT molecular complexity index is 969. The zero-order chi connectivity index (χ0) is 17.6. The second-order valence-electron chi connectivity index (χ2n) is 5.33. The highest BCUT2D eigenvalue weighted by Crippen LogP contribution is 2.30. The summed E-state index contributed by atoms with van der Waals surface area (Å²) in [5, 5.41) is 3.58. The van der Waals surface area contributed by atoms with Gasteiger partial charge in [-0.25, -0.2) is 0 Å². The summed E-state index contributed by atoms with van der Waals surface area (Å²) in [6.07, 6.45) is 8.28. The predicted octanol–water partition coefficient (Wildman–Crippen LogP) is 3.92. The van der Waals surface area contributed by atoms with E-state index in [1.54, 1.807) is 18.3 Å². The average molecular weight is 328 g/mol. The maximum absolute atomic E-state index is 11.6. The van der Waals surface area contributed by atoms with Gasteiger partial charge in [-0.2, -0.15) is 0 Å². The van der Waals surface area contributed by atoms with Crippen molar-refractivity contribution in [2.45, 2.75) is 6.61 Å². The summed E-state index contributed by atoms with van der Waals surface area (Å²) in [6, 6.07) is 14.9. The molecule has 122 valence electrons. The minimum atomic E-state index is -0.271. The van der Waals surface area contributed by atoms with Gasteiger partial charge in [-0.1, -0.05) is 24.6 Å². The molecule has 0 aliphatic heterocycles. The third-order valence-corrected chi connectivity index (χ3v) is 3.69. The molecule has 2 aromatic carbocycles. The second kappa shape index (κ2) is 7.33. The molecule has 3 aromatic rings. The van der Waals surface area contributed by atoms with Crippen LogP contribution in [0.3, 0.4) is 0 Å². The summed E-state index contributed by atoms with van der Waals surface area (Å²) in [7, 11) is 0. The normalized spacial score (nSPS) is 10.0. The Kier molecular flexibility index (Phi) is 4.77. The molecule has 0 aliphatic rings. The average Bonchev–Trinajstić information content (AvgIpc) is 2.67. The molecule has 1 heterocycles. The first-order valence-electron chi connectivity index (χ1n) is 7.71. The molecule has 0 fully saturated rings. The van der Waals surface area contributed by atoms with Crippen LogP contribution in [0.25, 0.3) is 10.9 Å². The number of aromatic nitrogens is 1. The van der Waals surface area contributed by atoms with Gasteiger partial charge >= 0.3 is 0 Å². The summed E-state index contributed by atoms with van der Waals surface area (Å²) < 4.78 is 5.92. The van der Waals surface area contributed by atoms with E-state index in [9.17, 15) is 4.79 Å². The van der Waals surface area contributed by atoms with Gasteiger partial charge in [-0.15, -0.1) is 6.42 Å². The van der Waals surface area contributed by atoms with Gasteiger partial charge in [-0.05, 0) is 48.0 Å². The SMILES string of the molecule is C#Cc1ccc(COc2ccc(NC(=O)C=C)c3cccnc23)cc1. The van der Waals surface area contributed by atoms with Crippen LogP contribution >= 0.6 is 0 Å². The number of ether oxygens (including phenoxy) is 1. The fourth-order valence-corrected chi connectivity index (χ4v) is 2.41. The van der Waals surface area contributed by atoms with Crippen LogP contribution in [0.5, 0.6) is 5.75 Å².